The van der Waals surface area contributed by atoms with Crippen LogP contribution in [-0.2, 0) is 0 Å². The molecule has 3 nitrogen and oxygen atoms in total. The summed E-state index contributed by atoms with van der Waals surface area (Å²) in [5.74, 6) is 1.77. The number of nitrogens with zero attached hydrogens (tertiary/aromatic N) is 2. The van der Waals surface area contributed by atoms with Crippen LogP contribution < -0.4 is 10.2 Å². The molecule has 0 saturated carbocycles. The second-order valence-electron chi connectivity index (χ2n) is 5.86. The first-order valence-electron chi connectivity index (χ1n) is 7.68. The number of pyridine rings is 1. The molecule has 0 spiro atoms. The highest BCUT2D eigenvalue weighted by Crippen LogP contribution is 2.20. The van der Waals surface area contributed by atoms with E-state index in [9.17, 15) is 0 Å². The number of rotatable bonds is 5. The van der Waals surface area contributed by atoms with E-state index >= 15 is 0 Å². The van der Waals surface area contributed by atoms with Gasteiger partial charge < -0.3 is 10.2 Å². The molecule has 1 fully saturated rings. The number of hydrogen-bond acceptors (Lipinski definition) is 3. The summed E-state index contributed by atoms with van der Waals surface area (Å²) in [6, 6.07) is 4.85. The molecule has 0 radical (unpaired) electrons. The van der Waals surface area contributed by atoms with Crippen molar-refractivity contribution in [3.05, 3.63) is 18.3 Å². The Morgan fingerprint density at radius 1 is 1.21 bits per heavy atom. The van der Waals surface area contributed by atoms with Gasteiger partial charge in [0.2, 0.25) is 0 Å². The first-order chi connectivity index (χ1) is 9.20. The molecule has 2 heterocycles. The molecule has 1 aliphatic rings. The smallest absolute Gasteiger partial charge is 0.128 e. The van der Waals surface area contributed by atoms with E-state index in [0.29, 0.717) is 12.0 Å². The summed E-state index contributed by atoms with van der Waals surface area (Å²) < 4.78 is 0. The lowest BCUT2D eigenvalue weighted by molar-refractivity contribution is 0.511. The van der Waals surface area contributed by atoms with Gasteiger partial charge >= 0.3 is 0 Å². The fourth-order valence-electron chi connectivity index (χ4n) is 2.74. The Balaban J connectivity index is 1.97. The standard InChI is InChI=1S/C16H27N3/c1-4-15(13(2)3)18-14-8-9-16(17-12-14)19-10-6-5-7-11-19/h8-9,12-13,15,18H,4-7,10-11H2,1-3H3. The predicted molar refractivity (Wildman–Crippen MR) is 82.8 cm³/mol. The van der Waals surface area contributed by atoms with Crippen molar-refractivity contribution in [2.24, 2.45) is 5.92 Å². The van der Waals surface area contributed by atoms with Gasteiger partial charge in [0, 0.05) is 19.1 Å². The lowest BCUT2D eigenvalue weighted by Crippen LogP contribution is -2.30. The van der Waals surface area contributed by atoms with E-state index in [1.54, 1.807) is 0 Å². The summed E-state index contributed by atoms with van der Waals surface area (Å²) in [6.07, 6.45) is 7.09. The number of nitrogens with one attached hydrogen (secondary N) is 1. The van der Waals surface area contributed by atoms with E-state index in [4.69, 9.17) is 0 Å². The topological polar surface area (TPSA) is 28.2 Å². The fourth-order valence-corrected chi connectivity index (χ4v) is 2.74. The van der Waals surface area contributed by atoms with E-state index in [-0.39, 0.29) is 0 Å². The first kappa shape index (κ1) is 14.2. The first-order valence-corrected chi connectivity index (χ1v) is 7.68. The Labute approximate surface area is 117 Å². The molecule has 0 amide bonds. The predicted octanol–water partition coefficient (Wildman–Crippen LogP) is 3.92. The van der Waals surface area contributed by atoms with Crippen LogP contribution in [0, 0.1) is 5.92 Å². The maximum atomic E-state index is 4.61. The van der Waals surface area contributed by atoms with Crippen LogP contribution in [0.1, 0.15) is 46.5 Å². The largest absolute Gasteiger partial charge is 0.381 e. The van der Waals surface area contributed by atoms with E-state index in [1.165, 1.54) is 19.3 Å². The van der Waals surface area contributed by atoms with Gasteiger partial charge in [-0.15, -0.1) is 0 Å². The summed E-state index contributed by atoms with van der Waals surface area (Å²) in [6.45, 7) is 9.06. The molecule has 1 aliphatic heterocycles. The Morgan fingerprint density at radius 2 is 1.95 bits per heavy atom. The monoisotopic (exact) mass is 261 g/mol. The van der Waals surface area contributed by atoms with Crippen molar-refractivity contribution in [2.75, 3.05) is 23.3 Å². The maximum absolute atomic E-state index is 4.61. The molecular weight excluding hydrogens is 234 g/mol. The zero-order chi connectivity index (χ0) is 13.7. The number of anilines is 2. The number of hydrogen-bond donors (Lipinski definition) is 1. The summed E-state index contributed by atoms with van der Waals surface area (Å²) in [5, 5.41) is 3.58. The fraction of sp³-hybridized carbons (Fsp3) is 0.688. The van der Waals surface area contributed by atoms with Crippen LogP contribution in [0.25, 0.3) is 0 Å². The minimum Gasteiger partial charge on any atom is -0.381 e. The highest BCUT2D eigenvalue weighted by atomic mass is 15.2. The van der Waals surface area contributed by atoms with E-state index in [1.807, 2.05) is 6.20 Å². The van der Waals surface area contributed by atoms with Gasteiger partial charge in [-0.05, 0) is 43.7 Å². The summed E-state index contributed by atoms with van der Waals surface area (Å²) in [5.41, 5.74) is 1.14. The molecular formula is C16H27N3. The van der Waals surface area contributed by atoms with Crippen LogP contribution in [0.4, 0.5) is 11.5 Å². The van der Waals surface area contributed by atoms with Crippen molar-refractivity contribution in [1.29, 1.82) is 0 Å². The lowest BCUT2D eigenvalue weighted by Gasteiger charge is -2.28. The molecule has 1 unspecified atom stereocenters. The molecule has 19 heavy (non-hydrogen) atoms. The van der Waals surface area contributed by atoms with Gasteiger partial charge in [-0.25, -0.2) is 4.98 Å². The minimum absolute atomic E-state index is 0.530. The van der Waals surface area contributed by atoms with E-state index in [2.05, 4.69) is 48.1 Å². The van der Waals surface area contributed by atoms with Gasteiger partial charge in [0.1, 0.15) is 5.82 Å². The molecule has 0 bridgehead atoms. The van der Waals surface area contributed by atoms with Crippen LogP contribution in [0.2, 0.25) is 0 Å². The van der Waals surface area contributed by atoms with Gasteiger partial charge in [0.25, 0.3) is 0 Å². The lowest BCUT2D eigenvalue weighted by atomic mass is 10.0. The average molecular weight is 261 g/mol. The van der Waals surface area contributed by atoms with Crippen molar-refractivity contribution >= 4 is 11.5 Å². The molecule has 106 valence electrons. The Bertz CT molecular complexity index is 366. The summed E-state index contributed by atoms with van der Waals surface area (Å²) in [4.78, 5) is 7.01. The molecule has 1 N–H and O–H groups in total. The summed E-state index contributed by atoms with van der Waals surface area (Å²) >= 11 is 0. The second-order valence-corrected chi connectivity index (χ2v) is 5.86. The molecule has 1 saturated heterocycles. The normalized spacial score (nSPS) is 17.6. The number of piperidine rings is 1. The van der Waals surface area contributed by atoms with Crippen molar-refractivity contribution in [2.45, 2.75) is 52.5 Å². The Hall–Kier alpha value is -1.25. The van der Waals surface area contributed by atoms with Crippen LogP contribution >= 0.6 is 0 Å². The Kier molecular flexibility index (Phi) is 5.06. The van der Waals surface area contributed by atoms with Gasteiger partial charge in [-0.3, -0.25) is 0 Å². The van der Waals surface area contributed by atoms with Crippen LogP contribution in [0.15, 0.2) is 18.3 Å². The van der Waals surface area contributed by atoms with Crippen LogP contribution in [0.3, 0.4) is 0 Å². The zero-order valence-electron chi connectivity index (χ0n) is 12.5. The SMILES string of the molecule is CCC(Nc1ccc(N2CCCCC2)nc1)C(C)C. The molecule has 1 aromatic rings. The van der Waals surface area contributed by atoms with Crippen molar-refractivity contribution in [1.82, 2.24) is 4.98 Å². The second kappa shape index (κ2) is 6.78. The molecule has 0 aromatic carbocycles. The quantitative estimate of drug-likeness (QED) is 0.870. The van der Waals surface area contributed by atoms with Gasteiger partial charge in [-0.1, -0.05) is 20.8 Å². The van der Waals surface area contributed by atoms with Crippen molar-refractivity contribution in [3.63, 3.8) is 0 Å². The molecule has 0 aliphatic carbocycles. The third-order valence-electron chi connectivity index (χ3n) is 4.02. The molecule has 1 aromatic heterocycles. The highest BCUT2D eigenvalue weighted by molar-refractivity contribution is 5.49. The zero-order valence-corrected chi connectivity index (χ0v) is 12.5. The average Bonchev–Trinajstić information content (AvgIpc) is 2.46. The number of aromatic nitrogens is 1. The van der Waals surface area contributed by atoms with Crippen molar-refractivity contribution in [3.8, 4) is 0 Å². The Morgan fingerprint density at radius 3 is 2.47 bits per heavy atom. The minimum atomic E-state index is 0.530. The van der Waals surface area contributed by atoms with E-state index in [0.717, 1.165) is 31.0 Å². The van der Waals surface area contributed by atoms with Gasteiger partial charge in [0.05, 0.1) is 11.9 Å². The van der Waals surface area contributed by atoms with Crippen molar-refractivity contribution < 1.29 is 0 Å². The third-order valence-corrected chi connectivity index (χ3v) is 4.02. The highest BCUT2D eigenvalue weighted by Gasteiger charge is 2.13. The molecule has 1 atom stereocenters. The van der Waals surface area contributed by atoms with Gasteiger partial charge in [-0.2, -0.15) is 0 Å². The third kappa shape index (κ3) is 3.85. The van der Waals surface area contributed by atoms with Crippen LogP contribution in [0.5, 0.6) is 0 Å². The van der Waals surface area contributed by atoms with Gasteiger partial charge in [0.15, 0.2) is 0 Å². The maximum Gasteiger partial charge on any atom is 0.128 e. The molecule has 2 rings (SSSR count). The van der Waals surface area contributed by atoms with E-state index < -0.39 is 0 Å². The summed E-state index contributed by atoms with van der Waals surface area (Å²) in [7, 11) is 0. The van der Waals surface area contributed by atoms with Crippen LogP contribution in [-0.4, -0.2) is 24.1 Å². The molecule has 3 heteroatoms.